The van der Waals surface area contributed by atoms with E-state index in [1.165, 1.54) is 10.6 Å². The fourth-order valence-corrected chi connectivity index (χ4v) is 2.53. The van der Waals surface area contributed by atoms with Gasteiger partial charge in [-0.2, -0.15) is 0 Å². The number of hydrogen-bond donors (Lipinski definition) is 0. The van der Waals surface area contributed by atoms with E-state index >= 15 is 0 Å². The summed E-state index contributed by atoms with van der Waals surface area (Å²) in [6, 6.07) is 0. The van der Waals surface area contributed by atoms with Crippen LogP contribution in [0.4, 0.5) is 0 Å². The number of carbonyl (C=O) groups excluding carboxylic acids is 1. The monoisotopic (exact) mass is 194 g/mol. The van der Waals surface area contributed by atoms with Crippen LogP contribution in [0.1, 0.15) is 28.0 Å². The largest absolute Gasteiger partial charge is 0.296 e. The van der Waals surface area contributed by atoms with E-state index in [2.05, 4.69) is 18.8 Å². The van der Waals surface area contributed by atoms with Gasteiger partial charge in [0.25, 0.3) is 0 Å². The van der Waals surface area contributed by atoms with Crippen LogP contribution in [-0.4, -0.2) is 15.7 Å². The summed E-state index contributed by atoms with van der Waals surface area (Å²) in [6.45, 7) is 4.19. The molecule has 2 aromatic rings. The first-order valence-corrected chi connectivity index (χ1v) is 5.00. The average molecular weight is 194 g/mol. The van der Waals surface area contributed by atoms with Crippen LogP contribution in [0.15, 0.2) is 6.20 Å². The van der Waals surface area contributed by atoms with Gasteiger partial charge in [0.2, 0.25) is 0 Å². The van der Waals surface area contributed by atoms with E-state index in [4.69, 9.17) is 0 Å². The second-order valence-corrected chi connectivity index (χ2v) is 4.08. The summed E-state index contributed by atoms with van der Waals surface area (Å²) in [5, 5.41) is 0. The van der Waals surface area contributed by atoms with Gasteiger partial charge in [-0.3, -0.25) is 9.20 Å². The smallest absolute Gasteiger partial charge is 0.194 e. The molecule has 0 bridgehead atoms. The minimum absolute atomic E-state index is 0.515. The average Bonchev–Trinajstić information content (AvgIpc) is 2.60. The van der Waals surface area contributed by atoms with Gasteiger partial charge in [0.05, 0.1) is 0 Å². The molecule has 0 saturated heterocycles. The fourth-order valence-electron chi connectivity index (χ4n) is 1.49. The summed E-state index contributed by atoms with van der Waals surface area (Å²) < 4.78 is 2.00. The molecular weight excluding hydrogens is 184 g/mol. The normalized spacial score (nSPS) is 10.9. The lowest BCUT2D eigenvalue weighted by atomic mass is 10.3. The fraction of sp³-hybridized carbons (Fsp3) is 0.333. The number of hydrogen-bond acceptors (Lipinski definition) is 3. The molecule has 0 amide bonds. The van der Waals surface area contributed by atoms with Gasteiger partial charge in [-0.1, -0.05) is 6.92 Å². The van der Waals surface area contributed by atoms with Crippen LogP contribution in [0.2, 0.25) is 0 Å². The standard InChI is InChI=1S/C9H10N2OS/c1-3-8-6(2)13-9-10-7(5-12)4-11(8)9/h4-5H,3H2,1-2H3. The van der Waals surface area contributed by atoms with E-state index in [1.54, 1.807) is 17.5 Å². The van der Waals surface area contributed by atoms with Crippen LogP contribution in [0, 0.1) is 6.92 Å². The number of aromatic nitrogens is 2. The van der Waals surface area contributed by atoms with E-state index in [-0.39, 0.29) is 0 Å². The molecule has 0 saturated carbocycles. The predicted octanol–water partition coefficient (Wildman–Crippen LogP) is 2.08. The minimum atomic E-state index is 0.515. The van der Waals surface area contributed by atoms with Crippen LogP contribution in [0.25, 0.3) is 4.96 Å². The highest BCUT2D eigenvalue weighted by atomic mass is 32.1. The molecule has 0 N–H and O–H groups in total. The number of thiazole rings is 1. The molecule has 0 atom stereocenters. The Hall–Kier alpha value is -1.16. The molecule has 0 spiro atoms. The molecule has 0 aliphatic carbocycles. The van der Waals surface area contributed by atoms with E-state index in [1.807, 2.05) is 4.40 Å². The van der Waals surface area contributed by atoms with Gasteiger partial charge < -0.3 is 0 Å². The molecule has 0 radical (unpaired) electrons. The summed E-state index contributed by atoms with van der Waals surface area (Å²) >= 11 is 1.63. The van der Waals surface area contributed by atoms with Crippen molar-refractivity contribution in [3.63, 3.8) is 0 Å². The zero-order chi connectivity index (χ0) is 9.42. The minimum Gasteiger partial charge on any atom is -0.296 e. The van der Waals surface area contributed by atoms with E-state index < -0.39 is 0 Å². The highest BCUT2D eigenvalue weighted by Gasteiger charge is 2.09. The molecule has 4 heteroatoms. The first kappa shape index (κ1) is 8.44. The van der Waals surface area contributed by atoms with Crippen molar-refractivity contribution in [1.29, 1.82) is 0 Å². The Kier molecular flexibility index (Phi) is 1.92. The van der Waals surface area contributed by atoms with Crippen molar-refractivity contribution in [2.24, 2.45) is 0 Å². The van der Waals surface area contributed by atoms with E-state index in [0.717, 1.165) is 17.7 Å². The lowest BCUT2D eigenvalue weighted by Crippen LogP contribution is -1.88. The van der Waals surface area contributed by atoms with Gasteiger partial charge in [0.15, 0.2) is 11.2 Å². The SMILES string of the molecule is CCc1c(C)sc2nc(C=O)cn12. The number of aldehydes is 1. The first-order valence-electron chi connectivity index (χ1n) is 4.18. The van der Waals surface area contributed by atoms with E-state index in [9.17, 15) is 4.79 Å². The predicted molar refractivity (Wildman–Crippen MR) is 52.6 cm³/mol. The van der Waals surface area contributed by atoms with Gasteiger partial charge in [0.1, 0.15) is 5.69 Å². The highest BCUT2D eigenvalue weighted by molar-refractivity contribution is 7.17. The lowest BCUT2D eigenvalue weighted by Gasteiger charge is -1.93. The summed E-state index contributed by atoms with van der Waals surface area (Å²) in [4.78, 5) is 16.9. The molecule has 0 fully saturated rings. The Morgan fingerprint density at radius 3 is 3.08 bits per heavy atom. The number of nitrogens with zero attached hydrogens (tertiary/aromatic N) is 2. The molecule has 2 aromatic heterocycles. The first-order chi connectivity index (χ1) is 6.26. The number of imidazole rings is 1. The Bertz CT molecular complexity index is 455. The van der Waals surface area contributed by atoms with Crippen LogP contribution in [0.3, 0.4) is 0 Å². The lowest BCUT2D eigenvalue weighted by molar-refractivity contribution is 0.111. The molecule has 0 aliphatic heterocycles. The Balaban J connectivity index is 2.73. The van der Waals surface area contributed by atoms with Gasteiger partial charge in [-0.15, -0.1) is 11.3 Å². The molecule has 0 unspecified atom stereocenters. The Morgan fingerprint density at radius 1 is 1.69 bits per heavy atom. The highest BCUT2D eigenvalue weighted by Crippen LogP contribution is 2.22. The third-order valence-corrected chi connectivity index (χ3v) is 3.10. The number of aryl methyl sites for hydroxylation is 2. The topological polar surface area (TPSA) is 34.4 Å². The van der Waals surface area contributed by atoms with Crippen molar-refractivity contribution in [1.82, 2.24) is 9.38 Å². The zero-order valence-electron chi connectivity index (χ0n) is 7.57. The van der Waals surface area contributed by atoms with Crippen LogP contribution < -0.4 is 0 Å². The summed E-state index contributed by atoms with van der Waals surface area (Å²) in [6.07, 6.45) is 3.56. The van der Waals surface area contributed by atoms with Gasteiger partial charge >= 0.3 is 0 Å². The third kappa shape index (κ3) is 1.18. The maximum atomic E-state index is 10.5. The van der Waals surface area contributed by atoms with Crippen LogP contribution in [0.5, 0.6) is 0 Å². The Labute approximate surface area is 80.0 Å². The molecule has 0 aromatic carbocycles. The number of fused-ring (bicyclic) bond motifs is 1. The summed E-state index contributed by atoms with van der Waals surface area (Å²) in [5.74, 6) is 0. The molecule has 13 heavy (non-hydrogen) atoms. The Morgan fingerprint density at radius 2 is 2.46 bits per heavy atom. The van der Waals surface area contributed by atoms with Crippen molar-refractivity contribution in [3.8, 4) is 0 Å². The van der Waals surface area contributed by atoms with Gasteiger partial charge in [-0.25, -0.2) is 4.98 Å². The van der Waals surface area contributed by atoms with Gasteiger partial charge in [-0.05, 0) is 13.3 Å². The molecular formula is C9H10N2OS. The second-order valence-electron chi connectivity index (χ2n) is 2.89. The maximum Gasteiger partial charge on any atom is 0.194 e. The third-order valence-electron chi connectivity index (χ3n) is 2.09. The van der Waals surface area contributed by atoms with Gasteiger partial charge in [0, 0.05) is 16.8 Å². The van der Waals surface area contributed by atoms with Crippen molar-refractivity contribution < 1.29 is 4.79 Å². The molecule has 0 aliphatic rings. The van der Waals surface area contributed by atoms with Crippen molar-refractivity contribution in [3.05, 3.63) is 22.5 Å². The van der Waals surface area contributed by atoms with Crippen molar-refractivity contribution >= 4 is 22.6 Å². The second kappa shape index (κ2) is 2.96. The van der Waals surface area contributed by atoms with Crippen LogP contribution in [-0.2, 0) is 6.42 Å². The summed E-state index contributed by atoms with van der Waals surface area (Å²) in [5.41, 5.74) is 1.77. The van der Waals surface area contributed by atoms with Crippen molar-refractivity contribution in [2.45, 2.75) is 20.3 Å². The number of carbonyl (C=O) groups is 1. The number of rotatable bonds is 2. The van der Waals surface area contributed by atoms with E-state index in [0.29, 0.717) is 5.69 Å². The summed E-state index contributed by atoms with van der Waals surface area (Å²) in [7, 11) is 0. The molecule has 3 nitrogen and oxygen atoms in total. The quantitative estimate of drug-likeness (QED) is 0.686. The molecule has 68 valence electrons. The van der Waals surface area contributed by atoms with Crippen LogP contribution >= 0.6 is 11.3 Å². The van der Waals surface area contributed by atoms with Crippen molar-refractivity contribution in [2.75, 3.05) is 0 Å². The molecule has 2 rings (SSSR count). The zero-order valence-corrected chi connectivity index (χ0v) is 8.39. The molecule has 2 heterocycles. The maximum absolute atomic E-state index is 10.5.